The van der Waals surface area contributed by atoms with E-state index in [-0.39, 0.29) is 36.7 Å². The standard InChI is InChI=1S/C11H17N5O3.ClH/c1-8-5-12-3-4-15(8)11(17)7-14-6-10(16(18)19)13-9(14)2;/h6,8,12H,3-5,7H2,1-2H3;1H/t8-;/m1./s1. The van der Waals surface area contributed by atoms with Crippen molar-refractivity contribution in [3.63, 3.8) is 0 Å². The van der Waals surface area contributed by atoms with Crippen LogP contribution < -0.4 is 5.32 Å². The quantitative estimate of drug-likeness (QED) is 0.642. The van der Waals surface area contributed by atoms with Crippen molar-refractivity contribution in [2.24, 2.45) is 0 Å². The number of amides is 1. The average Bonchev–Trinajstić information content (AvgIpc) is 2.71. The maximum Gasteiger partial charge on any atom is 0.381 e. The van der Waals surface area contributed by atoms with E-state index < -0.39 is 4.92 Å². The molecule has 2 heterocycles. The van der Waals surface area contributed by atoms with Crippen LogP contribution >= 0.6 is 12.4 Å². The fraction of sp³-hybridized carbons (Fsp3) is 0.636. The van der Waals surface area contributed by atoms with Crippen LogP contribution in [0.5, 0.6) is 0 Å². The molecule has 1 atom stereocenters. The number of hydrogen-bond acceptors (Lipinski definition) is 5. The molecule has 20 heavy (non-hydrogen) atoms. The van der Waals surface area contributed by atoms with Crippen molar-refractivity contribution in [1.82, 2.24) is 19.8 Å². The Morgan fingerprint density at radius 2 is 2.35 bits per heavy atom. The van der Waals surface area contributed by atoms with Gasteiger partial charge < -0.3 is 20.3 Å². The second-order valence-electron chi connectivity index (χ2n) is 4.67. The van der Waals surface area contributed by atoms with Gasteiger partial charge in [0.05, 0.1) is 0 Å². The van der Waals surface area contributed by atoms with Gasteiger partial charge >= 0.3 is 5.82 Å². The fourth-order valence-electron chi connectivity index (χ4n) is 2.19. The van der Waals surface area contributed by atoms with E-state index in [2.05, 4.69) is 10.3 Å². The number of carbonyl (C=O) groups excluding carboxylic acids is 1. The Bertz CT molecular complexity index is 504. The van der Waals surface area contributed by atoms with Crippen molar-refractivity contribution in [3.05, 3.63) is 22.1 Å². The Balaban J connectivity index is 0.00000200. The zero-order chi connectivity index (χ0) is 14.0. The maximum atomic E-state index is 12.2. The third kappa shape index (κ3) is 3.45. The topological polar surface area (TPSA) is 93.3 Å². The van der Waals surface area contributed by atoms with Crippen LogP contribution in [0.1, 0.15) is 12.7 Å². The highest BCUT2D eigenvalue weighted by Crippen LogP contribution is 2.11. The summed E-state index contributed by atoms with van der Waals surface area (Å²) in [6, 6.07) is 0.139. The van der Waals surface area contributed by atoms with Crippen molar-refractivity contribution in [2.75, 3.05) is 19.6 Å². The predicted octanol–water partition coefficient (Wildman–Crippen LogP) is 0.342. The van der Waals surface area contributed by atoms with Crippen LogP contribution in [0.4, 0.5) is 5.82 Å². The number of halogens is 1. The molecule has 0 unspecified atom stereocenters. The molecule has 0 aliphatic carbocycles. The molecular weight excluding hydrogens is 286 g/mol. The van der Waals surface area contributed by atoms with Gasteiger partial charge in [0.25, 0.3) is 0 Å². The number of aromatic nitrogens is 2. The van der Waals surface area contributed by atoms with Gasteiger partial charge in [0.2, 0.25) is 11.7 Å². The van der Waals surface area contributed by atoms with Crippen molar-refractivity contribution >= 4 is 24.1 Å². The normalized spacial score (nSPS) is 18.5. The highest BCUT2D eigenvalue weighted by atomic mass is 35.5. The van der Waals surface area contributed by atoms with Crippen LogP contribution in [0.2, 0.25) is 0 Å². The minimum atomic E-state index is -0.554. The smallest absolute Gasteiger partial charge is 0.358 e. The lowest BCUT2D eigenvalue weighted by Crippen LogP contribution is -2.53. The van der Waals surface area contributed by atoms with Gasteiger partial charge in [0, 0.05) is 32.6 Å². The molecule has 0 bridgehead atoms. The molecule has 0 aromatic carbocycles. The Kier molecular flexibility index (Phi) is 5.46. The monoisotopic (exact) mass is 303 g/mol. The zero-order valence-electron chi connectivity index (χ0n) is 11.4. The molecule has 0 spiro atoms. The summed E-state index contributed by atoms with van der Waals surface area (Å²) < 4.78 is 1.52. The van der Waals surface area contributed by atoms with Crippen LogP contribution in [0, 0.1) is 17.0 Å². The number of nitrogens with one attached hydrogen (secondary N) is 1. The fourth-order valence-corrected chi connectivity index (χ4v) is 2.19. The van der Waals surface area contributed by atoms with Crippen LogP contribution in [0.15, 0.2) is 6.20 Å². The van der Waals surface area contributed by atoms with E-state index in [0.29, 0.717) is 12.4 Å². The summed E-state index contributed by atoms with van der Waals surface area (Å²) in [6.45, 7) is 5.94. The van der Waals surface area contributed by atoms with Gasteiger partial charge in [0.15, 0.2) is 0 Å². The van der Waals surface area contributed by atoms with Gasteiger partial charge in [-0.25, -0.2) is 0 Å². The van der Waals surface area contributed by atoms with E-state index in [9.17, 15) is 14.9 Å². The Labute approximate surface area is 122 Å². The SMILES string of the molecule is Cc1nc([N+](=O)[O-])cn1CC(=O)N1CCNC[C@H]1C.Cl. The molecule has 0 saturated carbocycles. The number of carbonyl (C=O) groups is 1. The highest BCUT2D eigenvalue weighted by Gasteiger charge is 2.24. The first kappa shape index (κ1) is 16.4. The number of nitrogens with zero attached hydrogens (tertiary/aromatic N) is 4. The Morgan fingerprint density at radius 3 is 2.90 bits per heavy atom. The molecule has 1 aliphatic heterocycles. The van der Waals surface area contributed by atoms with Crippen molar-refractivity contribution in [3.8, 4) is 0 Å². The van der Waals surface area contributed by atoms with Crippen molar-refractivity contribution in [1.29, 1.82) is 0 Å². The van der Waals surface area contributed by atoms with E-state index >= 15 is 0 Å². The summed E-state index contributed by atoms with van der Waals surface area (Å²) in [7, 11) is 0. The molecule has 1 aliphatic rings. The molecule has 0 radical (unpaired) electrons. The summed E-state index contributed by atoms with van der Waals surface area (Å²) in [5.41, 5.74) is 0. The van der Waals surface area contributed by atoms with E-state index in [1.165, 1.54) is 10.8 Å². The summed E-state index contributed by atoms with van der Waals surface area (Å²) in [6.07, 6.45) is 1.31. The molecule has 8 nitrogen and oxygen atoms in total. The molecule has 1 fully saturated rings. The second-order valence-corrected chi connectivity index (χ2v) is 4.67. The van der Waals surface area contributed by atoms with E-state index in [1.807, 2.05) is 6.92 Å². The molecule has 1 N–H and O–H groups in total. The zero-order valence-corrected chi connectivity index (χ0v) is 12.2. The lowest BCUT2D eigenvalue weighted by molar-refractivity contribution is -0.389. The summed E-state index contributed by atoms with van der Waals surface area (Å²) in [4.78, 5) is 27.9. The molecule has 1 aromatic heterocycles. The number of hydrogen-bond donors (Lipinski definition) is 1. The first-order valence-corrected chi connectivity index (χ1v) is 6.17. The number of imidazole rings is 1. The molecule has 112 valence electrons. The van der Waals surface area contributed by atoms with Gasteiger partial charge in [-0.15, -0.1) is 12.4 Å². The van der Waals surface area contributed by atoms with Gasteiger partial charge in [-0.3, -0.25) is 9.36 Å². The van der Waals surface area contributed by atoms with E-state index in [0.717, 1.165) is 13.1 Å². The summed E-state index contributed by atoms with van der Waals surface area (Å²) in [5, 5.41) is 13.8. The third-order valence-electron chi connectivity index (χ3n) is 3.28. The lowest BCUT2D eigenvalue weighted by Gasteiger charge is -2.34. The van der Waals surface area contributed by atoms with E-state index in [1.54, 1.807) is 11.8 Å². The number of nitro groups is 1. The van der Waals surface area contributed by atoms with Gasteiger partial charge in [-0.05, 0) is 16.8 Å². The van der Waals surface area contributed by atoms with Crippen molar-refractivity contribution < 1.29 is 9.72 Å². The first-order valence-electron chi connectivity index (χ1n) is 6.17. The number of aryl methyl sites for hydroxylation is 1. The Morgan fingerprint density at radius 1 is 1.65 bits per heavy atom. The summed E-state index contributed by atoms with van der Waals surface area (Å²) in [5.74, 6) is 0.214. The van der Waals surface area contributed by atoms with Gasteiger partial charge in [-0.1, -0.05) is 0 Å². The molecule has 2 rings (SSSR count). The lowest BCUT2D eigenvalue weighted by atomic mass is 10.2. The Hall–Kier alpha value is -1.67. The maximum absolute atomic E-state index is 12.2. The van der Waals surface area contributed by atoms with Crippen molar-refractivity contribution in [2.45, 2.75) is 26.4 Å². The minimum Gasteiger partial charge on any atom is -0.358 e. The van der Waals surface area contributed by atoms with Crippen LogP contribution in [0.3, 0.4) is 0 Å². The van der Waals surface area contributed by atoms with Crippen LogP contribution in [-0.4, -0.2) is 51.0 Å². The third-order valence-corrected chi connectivity index (χ3v) is 3.28. The van der Waals surface area contributed by atoms with Crippen LogP contribution in [-0.2, 0) is 11.3 Å². The molecular formula is C11H18ClN5O3. The van der Waals surface area contributed by atoms with Crippen LogP contribution in [0.25, 0.3) is 0 Å². The second kappa shape index (κ2) is 6.67. The largest absolute Gasteiger partial charge is 0.381 e. The number of piperazine rings is 1. The van der Waals surface area contributed by atoms with E-state index in [4.69, 9.17) is 0 Å². The first-order chi connectivity index (χ1) is 8.99. The molecule has 1 aromatic rings. The highest BCUT2D eigenvalue weighted by molar-refractivity contribution is 5.85. The molecule has 1 saturated heterocycles. The molecule has 9 heteroatoms. The van der Waals surface area contributed by atoms with Gasteiger partial charge in [-0.2, -0.15) is 0 Å². The minimum absolute atomic E-state index is 0. The predicted molar refractivity (Wildman–Crippen MR) is 74.9 cm³/mol. The molecule has 1 amide bonds. The number of rotatable bonds is 3. The van der Waals surface area contributed by atoms with Gasteiger partial charge in [0.1, 0.15) is 12.7 Å². The average molecular weight is 304 g/mol. The summed E-state index contributed by atoms with van der Waals surface area (Å²) >= 11 is 0.